The second kappa shape index (κ2) is 7.38. The lowest BCUT2D eigenvalue weighted by Gasteiger charge is -2.39. The third kappa shape index (κ3) is 3.85. The number of nitrogens with zero attached hydrogens (tertiary/aromatic N) is 3. The monoisotopic (exact) mass is 358 g/mol. The van der Waals surface area contributed by atoms with Gasteiger partial charge >= 0.3 is 0 Å². The van der Waals surface area contributed by atoms with Crippen molar-refractivity contribution in [2.45, 2.75) is 44.7 Å². The lowest BCUT2D eigenvalue weighted by atomic mass is 10.0. The van der Waals surface area contributed by atoms with E-state index < -0.39 is 0 Å². The number of amides is 1. The Bertz CT molecular complexity index is 745. The van der Waals surface area contributed by atoms with E-state index in [2.05, 4.69) is 27.0 Å². The number of nitrogens with one attached hydrogen (secondary N) is 1. The molecule has 4 heterocycles. The smallest absolute Gasteiger partial charge is 0.271 e. The second-order valence-electron chi connectivity index (χ2n) is 7.23. The number of carbonyl (C=O) groups excluding carboxylic acids is 1. The molecule has 1 amide bonds. The number of imidazole rings is 1. The van der Waals surface area contributed by atoms with E-state index in [-0.39, 0.29) is 11.9 Å². The van der Waals surface area contributed by atoms with Crippen LogP contribution in [0.15, 0.2) is 24.5 Å². The Morgan fingerprint density at radius 2 is 1.92 bits per heavy atom. The van der Waals surface area contributed by atoms with Gasteiger partial charge in [-0.15, -0.1) is 0 Å². The number of thioether (sulfide) groups is 1. The van der Waals surface area contributed by atoms with E-state index in [1.807, 2.05) is 35.9 Å². The normalized spacial score (nSPS) is 20.8. The van der Waals surface area contributed by atoms with E-state index in [0.717, 1.165) is 43.2 Å². The summed E-state index contributed by atoms with van der Waals surface area (Å²) < 4.78 is 1.92. The first-order chi connectivity index (χ1) is 12.2. The van der Waals surface area contributed by atoms with Gasteiger partial charge in [0.15, 0.2) is 0 Å². The van der Waals surface area contributed by atoms with Crippen molar-refractivity contribution in [3.8, 4) is 0 Å². The van der Waals surface area contributed by atoms with Gasteiger partial charge < -0.3 is 14.6 Å². The number of pyridine rings is 1. The summed E-state index contributed by atoms with van der Waals surface area (Å²) in [5, 5.41) is 3.19. The van der Waals surface area contributed by atoms with Gasteiger partial charge in [-0.2, -0.15) is 11.8 Å². The first-order valence-electron chi connectivity index (χ1n) is 9.27. The van der Waals surface area contributed by atoms with Gasteiger partial charge in [0.05, 0.1) is 0 Å². The highest BCUT2D eigenvalue weighted by Gasteiger charge is 2.27. The first-order valence-corrected chi connectivity index (χ1v) is 10.4. The van der Waals surface area contributed by atoms with Crippen molar-refractivity contribution in [3.05, 3.63) is 35.8 Å². The molecule has 0 saturated carbocycles. The number of hydrogen-bond donors (Lipinski definition) is 1. The zero-order chi connectivity index (χ0) is 17.2. The summed E-state index contributed by atoms with van der Waals surface area (Å²) in [6.07, 6.45) is 8.56. The minimum Gasteiger partial charge on any atom is -0.348 e. The predicted octanol–water partition coefficient (Wildman–Crippen LogP) is 2.73. The lowest BCUT2D eigenvalue weighted by Crippen LogP contribution is -2.48. The van der Waals surface area contributed by atoms with Crippen LogP contribution in [-0.2, 0) is 0 Å². The molecule has 0 radical (unpaired) electrons. The first kappa shape index (κ1) is 16.9. The molecule has 2 fully saturated rings. The molecule has 0 bridgehead atoms. The summed E-state index contributed by atoms with van der Waals surface area (Å²) >= 11 is 2.08. The van der Waals surface area contributed by atoms with Crippen LogP contribution in [0.5, 0.6) is 0 Å². The van der Waals surface area contributed by atoms with E-state index in [0.29, 0.717) is 5.69 Å². The van der Waals surface area contributed by atoms with Crippen LogP contribution in [0.3, 0.4) is 0 Å². The Hall–Kier alpha value is -1.53. The van der Waals surface area contributed by atoms with Crippen molar-refractivity contribution in [1.29, 1.82) is 0 Å². The van der Waals surface area contributed by atoms with Crippen molar-refractivity contribution in [2.24, 2.45) is 0 Å². The van der Waals surface area contributed by atoms with Crippen LogP contribution in [0, 0.1) is 6.92 Å². The minimum absolute atomic E-state index is 0.0473. The zero-order valence-corrected chi connectivity index (χ0v) is 15.6. The molecule has 2 aliphatic heterocycles. The number of fused-ring (bicyclic) bond motifs is 1. The van der Waals surface area contributed by atoms with Gasteiger partial charge in [-0.25, -0.2) is 4.98 Å². The van der Waals surface area contributed by atoms with Crippen molar-refractivity contribution in [1.82, 2.24) is 19.6 Å². The van der Waals surface area contributed by atoms with E-state index in [9.17, 15) is 4.79 Å². The average Bonchev–Trinajstić information content (AvgIpc) is 3.06. The zero-order valence-electron chi connectivity index (χ0n) is 14.8. The average molecular weight is 359 g/mol. The van der Waals surface area contributed by atoms with Crippen molar-refractivity contribution >= 4 is 23.3 Å². The molecule has 0 atom stereocenters. The van der Waals surface area contributed by atoms with Gasteiger partial charge in [0.25, 0.3) is 5.91 Å². The van der Waals surface area contributed by atoms with Crippen molar-refractivity contribution in [2.75, 3.05) is 24.6 Å². The second-order valence-corrected chi connectivity index (χ2v) is 8.45. The van der Waals surface area contributed by atoms with E-state index in [1.165, 1.54) is 24.3 Å². The molecule has 25 heavy (non-hydrogen) atoms. The number of aryl methyl sites for hydroxylation is 1. The van der Waals surface area contributed by atoms with Crippen LogP contribution < -0.4 is 5.32 Å². The highest BCUT2D eigenvalue weighted by molar-refractivity contribution is 7.99. The van der Waals surface area contributed by atoms with Crippen LogP contribution in [-0.4, -0.2) is 56.9 Å². The Balaban J connectivity index is 1.33. The van der Waals surface area contributed by atoms with Crippen LogP contribution in [0.2, 0.25) is 0 Å². The van der Waals surface area contributed by atoms with E-state index >= 15 is 0 Å². The molecule has 6 heteroatoms. The maximum atomic E-state index is 12.5. The Morgan fingerprint density at radius 1 is 1.16 bits per heavy atom. The Kier molecular flexibility index (Phi) is 4.99. The summed E-state index contributed by atoms with van der Waals surface area (Å²) in [5.41, 5.74) is 2.49. The van der Waals surface area contributed by atoms with E-state index in [1.54, 1.807) is 0 Å². The summed E-state index contributed by atoms with van der Waals surface area (Å²) in [4.78, 5) is 19.6. The van der Waals surface area contributed by atoms with Gasteiger partial charge in [0.2, 0.25) is 0 Å². The molecular weight excluding hydrogens is 332 g/mol. The van der Waals surface area contributed by atoms with Gasteiger partial charge in [0, 0.05) is 37.6 Å². The predicted molar refractivity (Wildman–Crippen MR) is 102 cm³/mol. The third-order valence-corrected chi connectivity index (χ3v) is 6.45. The summed E-state index contributed by atoms with van der Waals surface area (Å²) in [7, 11) is 0. The largest absolute Gasteiger partial charge is 0.348 e. The fourth-order valence-corrected chi connectivity index (χ4v) is 5.01. The number of carbonyl (C=O) groups is 1. The molecule has 0 aliphatic carbocycles. The van der Waals surface area contributed by atoms with Gasteiger partial charge in [0.1, 0.15) is 11.3 Å². The molecule has 0 unspecified atom stereocenters. The maximum Gasteiger partial charge on any atom is 0.271 e. The number of aromatic nitrogens is 2. The van der Waals surface area contributed by atoms with Gasteiger partial charge in [-0.3, -0.25) is 4.79 Å². The molecule has 4 rings (SSSR count). The van der Waals surface area contributed by atoms with Gasteiger partial charge in [-0.05, 0) is 55.7 Å². The Labute approximate surface area is 153 Å². The molecule has 1 N–H and O–H groups in total. The number of likely N-dealkylation sites (tertiary alicyclic amines) is 1. The molecule has 0 spiro atoms. The van der Waals surface area contributed by atoms with Crippen LogP contribution in [0.1, 0.15) is 41.7 Å². The van der Waals surface area contributed by atoms with E-state index in [4.69, 9.17) is 0 Å². The van der Waals surface area contributed by atoms with Crippen molar-refractivity contribution < 1.29 is 4.79 Å². The molecule has 2 aromatic rings. The molecule has 2 aromatic heterocycles. The Morgan fingerprint density at radius 3 is 2.68 bits per heavy atom. The number of piperidine rings is 1. The SMILES string of the molecule is Cc1ccc2nc(C(=O)NC3CCN(C4CCSCC4)CC3)cn2c1. The topological polar surface area (TPSA) is 49.6 Å². The fraction of sp³-hybridized carbons (Fsp3) is 0.579. The van der Waals surface area contributed by atoms with Crippen molar-refractivity contribution in [3.63, 3.8) is 0 Å². The number of hydrogen-bond acceptors (Lipinski definition) is 4. The summed E-state index contributed by atoms with van der Waals surface area (Å²) in [6, 6.07) is 5.00. The summed E-state index contributed by atoms with van der Waals surface area (Å²) in [5.74, 6) is 2.55. The maximum absolute atomic E-state index is 12.5. The van der Waals surface area contributed by atoms with Gasteiger partial charge in [-0.1, -0.05) is 6.07 Å². The fourth-order valence-electron chi connectivity index (χ4n) is 3.93. The molecule has 2 saturated heterocycles. The summed E-state index contributed by atoms with van der Waals surface area (Å²) in [6.45, 7) is 4.24. The standard InChI is InChI=1S/C19H26N4OS/c1-14-2-3-18-21-17(13-23(18)12-14)19(24)20-15-4-8-22(9-5-15)16-6-10-25-11-7-16/h2-3,12-13,15-16H,4-11H2,1H3,(H,20,24). The van der Waals surface area contributed by atoms with Crippen LogP contribution in [0.25, 0.3) is 5.65 Å². The highest BCUT2D eigenvalue weighted by atomic mass is 32.2. The minimum atomic E-state index is -0.0473. The van der Waals surface area contributed by atoms with Crippen LogP contribution in [0.4, 0.5) is 0 Å². The van der Waals surface area contributed by atoms with Crippen LogP contribution >= 0.6 is 11.8 Å². The molecule has 5 nitrogen and oxygen atoms in total. The molecule has 2 aliphatic rings. The highest BCUT2D eigenvalue weighted by Crippen LogP contribution is 2.24. The quantitative estimate of drug-likeness (QED) is 0.917. The molecule has 0 aromatic carbocycles. The number of rotatable bonds is 3. The lowest BCUT2D eigenvalue weighted by molar-refractivity contribution is 0.0882. The third-order valence-electron chi connectivity index (χ3n) is 5.40. The molecule has 134 valence electrons. The molecular formula is C19H26N4OS.